The Morgan fingerprint density at radius 2 is 1.93 bits per heavy atom. The minimum atomic E-state index is -0.690. The smallest absolute Gasteiger partial charge is 0.136 e. The summed E-state index contributed by atoms with van der Waals surface area (Å²) in [6, 6.07) is 4.36. The van der Waals surface area contributed by atoms with Crippen LogP contribution in [0.15, 0.2) is 11.6 Å². The highest BCUT2D eigenvalue weighted by Gasteiger charge is 2.63. The zero-order valence-electron chi connectivity index (χ0n) is 17.3. The average Bonchev–Trinajstić information content (AvgIpc) is 2.96. The Balaban J connectivity index is 1.71. The summed E-state index contributed by atoms with van der Waals surface area (Å²) >= 11 is 0. The molecule has 0 unspecified atom stereocenters. The number of nitrogens with zero attached hydrogens (tertiary/aromatic N) is 2. The van der Waals surface area contributed by atoms with E-state index in [0.29, 0.717) is 17.8 Å². The minimum Gasteiger partial charge on any atom is -0.393 e. The molecule has 0 spiro atoms. The molecular formula is C24H32N2O2. The number of aliphatic hydroxyl groups excluding tert-OH is 1. The van der Waals surface area contributed by atoms with E-state index in [1.165, 1.54) is 5.57 Å². The van der Waals surface area contributed by atoms with Crippen LogP contribution in [0.2, 0.25) is 0 Å². The summed E-state index contributed by atoms with van der Waals surface area (Å²) in [5, 5.41) is 29.2. The van der Waals surface area contributed by atoms with E-state index in [9.17, 15) is 20.4 Å². The van der Waals surface area contributed by atoms with E-state index >= 15 is 0 Å². The van der Waals surface area contributed by atoms with E-state index in [2.05, 4.69) is 32.1 Å². The van der Waals surface area contributed by atoms with E-state index in [1.807, 2.05) is 0 Å². The van der Waals surface area contributed by atoms with Crippen molar-refractivity contribution in [3.8, 4) is 12.1 Å². The van der Waals surface area contributed by atoms with Crippen LogP contribution in [-0.2, 0) is 4.79 Å². The number of Topliss-reactive ketones (excluding diaryl/α,β-unsaturated/α-hetero) is 1. The summed E-state index contributed by atoms with van der Waals surface area (Å²) in [7, 11) is 0. The van der Waals surface area contributed by atoms with E-state index < -0.39 is 5.92 Å². The van der Waals surface area contributed by atoms with Crippen molar-refractivity contribution < 1.29 is 9.90 Å². The van der Waals surface area contributed by atoms with Gasteiger partial charge in [0, 0.05) is 5.92 Å². The molecule has 4 aliphatic carbocycles. The van der Waals surface area contributed by atoms with E-state index in [-0.39, 0.29) is 34.6 Å². The summed E-state index contributed by atoms with van der Waals surface area (Å²) < 4.78 is 0. The van der Waals surface area contributed by atoms with Crippen LogP contribution < -0.4 is 0 Å². The highest BCUT2D eigenvalue weighted by molar-refractivity contribution is 5.80. The number of aliphatic hydroxyl groups is 1. The Morgan fingerprint density at radius 3 is 2.57 bits per heavy atom. The predicted molar refractivity (Wildman–Crippen MR) is 105 cm³/mol. The zero-order valence-corrected chi connectivity index (χ0v) is 17.3. The number of ketones is 1. The van der Waals surface area contributed by atoms with Gasteiger partial charge in [0.1, 0.15) is 11.7 Å². The van der Waals surface area contributed by atoms with E-state index in [0.717, 1.165) is 44.9 Å². The lowest BCUT2D eigenvalue weighted by molar-refractivity contribution is -0.129. The Hall–Kier alpha value is -1.65. The second kappa shape index (κ2) is 6.70. The maximum Gasteiger partial charge on any atom is 0.136 e. The van der Waals surface area contributed by atoms with Gasteiger partial charge in [-0.05, 0) is 86.4 Å². The number of nitriles is 2. The quantitative estimate of drug-likeness (QED) is 0.719. The number of hydrogen-bond acceptors (Lipinski definition) is 4. The lowest BCUT2D eigenvalue weighted by Gasteiger charge is -2.57. The van der Waals surface area contributed by atoms with Gasteiger partial charge >= 0.3 is 0 Å². The molecule has 4 nitrogen and oxygen atoms in total. The van der Waals surface area contributed by atoms with Gasteiger partial charge in [-0.15, -0.1) is 0 Å². The summed E-state index contributed by atoms with van der Waals surface area (Å²) in [5.74, 6) is 0.671. The minimum absolute atomic E-state index is 0.0977. The fourth-order valence-electron chi connectivity index (χ4n) is 8.05. The summed E-state index contributed by atoms with van der Waals surface area (Å²) in [4.78, 5) is 12.7. The monoisotopic (exact) mass is 380 g/mol. The highest BCUT2D eigenvalue weighted by Crippen LogP contribution is 2.68. The molecule has 28 heavy (non-hydrogen) atoms. The van der Waals surface area contributed by atoms with Gasteiger partial charge in [0.2, 0.25) is 0 Å². The molecule has 3 fully saturated rings. The van der Waals surface area contributed by atoms with Gasteiger partial charge in [-0.2, -0.15) is 10.5 Å². The normalized spacial score (nSPS) is 47.2. The van der Waals surface area contributed by atoms with Gasteiger partial charge in [-0.3, -0.25) is 4.79 Å². The molecule has 0 saturated heterocycles. The molecule has 0 bridgehead atoms. The van der Waals surface area contributed by atoms with Crippen LogP contribution in [0.3, 0.4) is 0 Å². The molecule has 0 aromatic heterocycles. The van der Waals surface area contributed by atoms with Crippen molar-refractivity contribution >= 4 is 5.78 Å². The van der Waals surface area contributed by atoms with Crippen molar-refractivity contribution in [1.82, 2.24) is 0 Å². The van der Waals surface area contributed by atoms with Gasteiger partial charge in [0.25, 0.3) is 0 Å². The number of allylic oxidation sites excluding steroid dienone is 1. The van der Waals surface area contributed by atoms with Crippen molar-refractivity contribution in [3.05, 3.63) is 11.6 Å². The third-order valence-corrected chi connectivity index (χ3v) is 9.32. The molecular weight excluding hydrogens is 348 g/mol. The van der Waals surface area contributed by atoms with Gasteiger partial charge < -0.3 is 5.11 Å². The van der Waals surface area contributed by atoms with Crippen LogP contribution >= 0.6 is 0 Å². The van der Waals surface area contributed by atoms with Crippen LogP contribution in [0.25, 0.3) is 0 Å². The molecule has 150 valence electrons. The number of rotatable bonds is 2. The van der Waals surface area contributed by atoms with Gasteiger partial charge in [0.15, 0.2) is 0 Å². The number of carbonyl (C=O) groups excluding carboxylic acids is 1. The van der Waals surface area contributed by atoms with Gasteiger partial charge in [-0.1, -0.05) is 25.5 Å². The third-order valence-electron chi connectivity index (χ3n) is 9.32. The molecule has 3 saturated carbocycles. The largest absolute Gasteiger partial charge is 0.393 e. The maximum absolute atomic E-state index is 12.7. The van der Waals surface area contributed by atoms with Gasteiger partial charge in [0.05, 0.1) is 18.2 Å². The zero-order chi connectivity index (χ0) is 20.3. The van der Waals surface area contributed by atoms with Crippen molar-refractivity contribution in [2.24, 2.45) is 46.3 Å². The molecule has 8 atom stereocenters. The lowest BCUT2D eigenvalue weighted by atomic mass is 9.47. The highest BCUT2D eigenvalue weighted by atomic mass is 16.3. The van der Waals surface area contributed by atoms with Crippen LogP contribution in [0.4, 0.5) is 0 Å². The first-order valence-corrected chi connectivity index (χ1v) is 10.9. The third kappa shape index (κ3) is 2.61. The molecule has 0 heterocycles. The maximum atomic E-state index is 12.7. The molecule has 4 heteroatoms. The molecule has 0 aliphatic heterocycles. The lowest BCUT2D eigenvalue weighted by Crippen LogP contribution is -2.51. The van der Waals surface area contributed by atoms with Crippen LogP contribution in [-0.4, -0.2) is 17.0 Å². The van der Waals surface area contributed by atoms with E-state index in [1.54, 1.807) is 6.92 Å². The van der Waals surface area contributed by atoms with Crippen molar-refractivity contribution in [2.75, 3.05) is 0 Å². The van der Waals surface area contributed by atoms with Crippen LogP contribution in [0, 0.1) is 69.0 Å². The number of carbonyl (C=O) groups is 1. The second-order valence-electron chi connectivity index (χ2n) is 10.4. The molecule has 4 rings (SSSR count). The van der Waals surface area contributed by atoms with Crippen molar-refractivity contribution in [1.29, 1.82) is 10.5 Å². The standard InChI is InChI=1S/C24H32N2O2/c1-14(27)22-19(15(12-25)13-26)11-21-18-5-4-16-10-17(28)6-8-23(16,2)20(18)7-9-24(21,22)3/h4,15,17-22,28H,5-11H2,1-3H3/t17-,18+,19-,20-,21-,22-,23-,24-/m0/s1. The number of fused-ring (bicyclic) bond motifs is 5. The molecule has 0 amide bonds. The summed E-state index contributed by atoms with van der Waals surface area (Å²) in [6.07, 6.45) is 8.89. The topological polar surface area (TPSA) is 84.9 Å². The van der Waals surface area contributed by atoms with Gasteiger partial charge in [-0.25, -0.2) is 0 Å². The molecule has 4 aliphatic rings. The Labute approximate surface area is 168 Å². The fraction of sp³-hybridized carbons (Fsp3) is 0.792. The summed E-state index contributed by atoms with van der Waals surface area (Å²) in [5.41, 5.74) is 1.51. The summed E-state index contributed by atoms with van der Waals surface area (Å²) in [6.45, 7) is 6.32. The first-order chi connectivity index (χ1) is 13.3. The molecule has 0 radical (unpaired) electrons. The Bertz CT molecular complexity index is 775. The van der Waals surface area contributed by atoms with Crippen LogP contribution in [0.5, 0.6) is 0 Å². The second-order valence-corrected chi connectivity index (χ2v) is 10.4. The predicted octanol–water partition coefficient (Wildman–Crippen LogP) is 4.40. The van der Waals surface area contributed by atoms with Crippen LogP contribution in [0.1, 0.15) is 65.7 Å². The fourth-order valence-corrected chi connectivity index (χ4v) is 8.05. The first-order valence-electron chi connectivity index (χ1n) is 10.9. The van der Waals surface area contributed by atoms with E-state index in [4.69, 9.17) is 0 Å². The Morgan fingerprint density at radius 1 is 1.21 bits per heavy atom. The molecule has 1 N–H and O–H groups in total. The first kappa shape index (κ1) is 19.7. The van der Waals surface area contributed by atoms with Crippen molar-refractivity contribution in [2.45, 2.75) is 71.8 Å². The Kier molecular flexibility index (Phi) is 4.71. The SMILES string of the molecule is CC(=O)[C@H]1[C@H](C(C#N)C#N)C[C@H]2[C@@H]3CC=C4C[C@@H](O)CC[C@]4(C)[C@H]3CC[C@@]21C. The molecule has 0 aromatic carbocycles. The van der Waals surface area contributed by atoms with Crippen molar-refractivity contribution in [3.63, 3.8) is 0 Å². The molecule has 0 aromatic rings. The number of hydrogen-bond donors (Lipinski definition) is 1. The average molecular weight is 381 g/mol.